The molecular formula is C18H28N2O. The maximum absolute atomic E-state index is 12.1. The summed E-state index contributed by atoms with van der Waals surface area (Å²) in [6.45, 7) is 6.30. The third-order valence-electron chi connectivity index (χ3n) is 4.40. The highest BCUT2D eigenvalue weighted by Crippen LogP contribution is 2.26. The van der Waals surface area contributed by atoms with Crippen molar-refractivity contribution in [1.82, 2.24) is 5.32 Å². The Bertz CT molecular complexity index is 478. The zero-order valence-electron chi connectivity index (χ0n) is 13.5. The Hall–Kier alpha value is -1.35. The van der Waals surface area contributed by atoms with E-state index in [0.29, 0.717) is 12.3 Å². The van der Waals surface area contributed by atoms with Gasteiger partial charge in [-0.2, -0.15) is 0 Å². The van der Waals surface area contributed by atoms with Crippen LogP contribution in [-0.4, -0.2) is 18.0 Å². The monoisotopic (exact) mass is 288 g/mol. The molecule has 0 radical (unpaired) electrons. The highest BCUT2D eigenvalue weighted by molar-refractivity contribution is 5.76. The summed E-state index contributed by atoms with van der Waals surface area (Å²) < 4.78 is 0. The van der Waals surface area contributed by atoms with Crippen molar-refractivity contribution in [1.29, 1.82) is 0 Å². The predicted molar refractivity (Wildman–Crippen MR) is 87.2 cm³/mol. The van der Waals surface area contributed by atoms with Gasteiger partial charge in [0.2, 0.25) is 5.91 Å². The van der Waals surface area contributed by atoms with E-state index in [1.165, 1.54) is 16.7 Å². The Kier molecular flexibility index (Phi) is 5.40. The van der Waals surface area contributed by atoms with Gasteiger partial charge in [-0.25, -0.2) is 0 Å². The molecule has 3 heteroatoms. The number of nitrogens with two attached hydrogens (primary N) is 1. The minimum Gasteiger partial charge on any atom is -0.353 e. The molecule has 1 saturated carbocycles. The van der Waals surface area contributed by atoms with Crippen molar-refractivity contribution in [2.24, 2.45) is 11.7 Å². The molecule has 3 N–H and O–H groups in total. The molecule has 0 saturated heterocycles. The van der Waals surface area contributed by atoms with Gasteiger partial charge in [-0.05, 0) is 51.5 Å². The molecule has 0 spiro atoms. The molecule has 1 aromatic carbocycles. The first kappa shape index (κ1) is 16.0. The SMILES string of the molecule is Cc1cc(C)cc(CC(C)NC(=O)C[C@@H]2CCC[C@H]2N)c1. The molecule has 3 nitrogen and oxygen atoms in total. The van der Waals surface area contributed by atoms with Crippen LogP contribution in [0.3, 0.4) is 0 Å². The summed E-state index contributed by atoms with van der Waals surface area (Å²) in [7, 11) is 0. The topological polar surface area (TPSA) is 55.1 Å². The highest BCUT2D eigenvalue weighted by Gasteiger charge is 2.26. The lowest BCUT2D eigenvalue weighted by Crippen LogP contribution is -2.37. The van der Waals surface area contributed by atoms with Crippen LogP contribution in [0.15, 0.2) is 18.2 Å². The van der Waals surface area contributed by atoms with Crippen LogP contribution in [0.4, 0.5) is 0 Å². The second-order valence-corrected chi connectivity index (χ2v) is 6.73. The van der Waals surface area contributed by atoms with Crippen LogP contribution < -0.4 is 11.1 Å². The quantitative estimate of drug-likeness (QED) is 0.875. The molecule has 0 heterocycles. The lowest BCUT2D eigenvalue weighted by molar-refractivity contribution is -0.122. The zero-order valence-corrected chi connectivity index (χ0v) is 13.5. The smallest absolute Gasteiger partial charge is 0.220 e. The Morgan fingerprint density at radius 1 is 1.29 bits per heavy atom. The Balaban J connectivity index is 1.83. The number of hydrogen-bond donors (Lipinski definition) is 2. The number of benzene rings is 1. The summed E-state index contributed by atoms with van der Waals surface area (Å²) in [4.78, 5) is 12.1. The van der Waals surface area contributed by atoms with Gasteiger partial charge in [0.15, 0.2) is 0 Å². The van der Waals surface area contributed by atoms with E-state index in [4.69, 9.17) is 5.73 Å². The number of amides is 1. The van der Waals surface area contributed by atoms with Gasteiger partial charge in [0.25, 0.3) is 0 Å². The Morgan fingerprint density at radius 3 is 2.52 bits per heavy atom. The molecule has 0 aliphatic heterocycles. The van der Waals surface area contributed by atoms with Crippen LogP contribution in [0.25, 0.3) is 0 Å². The van der Waals surface area contributed by atoms with E-state index in [-0.39, 0.29) is 18.0 Å². The second-order valence-electron chi connectivity index (χ2n) is 6.73. The van der Waals surface area contributed by atoms with Gasteiger partial charge in [-0.3, -0.25) is 4.79 Å². The minimum absolute atomic E-state index is 0.147. The van der Waals surface area contributed by atoms with Crippen molar-refractivity contribution in [3.63, 3.8) is 0 Å². The molecule has 1 aromatic rings. The van der Waals surface area contributed by atoms with E-state index < -0.39 is 0 Å². The number of rotatable bonds is 5. The zero-order chi connectivity index (χ0) is 15.4. The van der Waals surface area contributed by atoms with Crippen LogP contribution in [0.1, 0.15) is 49.3 Å². The molecule has 1 aliphatic rings. The number of carbonyl (C=O) groups is 1. The van der Waals surface area contributed by atoms with E-state index in [9.17, 15) is 4.79 Å². The van der Waals surface area contributed by atoms with Gasteiger partial charge in [0, 0.05) is 18.5 Å². The van der Waals surface area contributed by atoms with Crippen molar-refractivity contribution in [3.8, 4) is 0 Å². The Labute approximate surface area is 128 Å². The van der Waals surface area contributed by atoms with E-state index >= 15 is 0 Å². The fourth-order valence-electron chi connectivity index (χ4n) is 3.48. The second kappa shape index (κ2) is 7.08. The third kappa shape index (κ3) is 4.85. The first-order chi connectivity index (χ1) is 9.94. The number of carbonyl (C=O) groups excluding carboxylic acids is 1. The molecule has 21 heavy (non-hydrogen) atoms. The maximum atomic E-state index is 12.1. The van der Waals surface area contributed by atoms with Gasteiger partial charge in [0.1, 0.15) is 0 Å². The number of nitrogens with one attached hydrogen (secondary N) is 1. The van der Waals surface area contributed by atoms with Crippen LogP contribution in [-0.2, 0) is 11.2 Å². The minimum atomic E-state index is 0.147. The Morgan fingerprint density at radius 2 is 1.95 bits per heavy atom. The molecule has 1 aliphatic carbocycles. The number of aryl methyl sites for hydroxylation is 2. The lowest BCUT2D eigenvalue weighted by atomic mass is 9.99. The molecule has 3 atom stereocenters. The van der Waals surface area contributed by atoms with E-state index in [1.807, 2.05) is 0 Å². The third-order valence-corrected chi connectivity index (χ3v) is 4.40. The molecule has 0 bridgehead atoms. The fraction of sp³-hybridized carbons (Fsp3) is 0.611. The van der Waals surface area contributed by atoms with Gasteiger partial charge in [-0.1, -0.05) is 35.7 Å². The van der Waals surface area contributed by atoms with Crippen molar-refractivity contribution in [2.75, 3.05) is 0 Å². The van der Waals surface area contributed by atoms with E-state index in [1.54, 1.807) is 0 Å². The van der Waals surface area contributed by atoms with Crippen molar-refractivity contribution < 1.29 is 4.79 Å². The van der Waals surface area contributed by atoms with Crippen LogP contribution in [0.5, 0.6) is 0 Å². The maximum Gasteiger partial charge on any atom is 0.220 e. The molecule has 1 fully saturated rings. The van der Waals surface area contributed by atoms with E-state index in [2.05, 4.69) is 44.3 Å². The van der Waals surface area contributed by atoms with Crippen LogP contribution >= 0.6 is 0 Å². The summed E-state index contributed by atoms with van der Waals surface area (Å²) in [6.07, 6.45) is 4.79. The summed E-state index contributed by atoms with van der Waals surface area (Å²) in [5.41, 5.74) is 9.88. The van der Waals surface area contributed by atoms with Crippen molar-refractivity contribution in [3.05, 3.63) is 34.9 Å². The summed E-state index contributed by atoms with van der Waals surface area (Å²) in [5, 5.41) is 3.12. The summed E-state index contributed by atoms with van der Waals surface area (Å²) in [5.74, 6) is 0.521. The van der Waals surface area contributed by atoms with Gasteiger partial charge in [-0.15, -0.1) is 0 Å². The average Bonchev–Trinajstić information content (AvgIpc) is 2.73. The van der Waals surface area contributed by atoms with Crippen molar-refractivity contribution >= 4 is 5.91 Å². The first-order valence-electron chi connectivity index (χ1n) is 8.06. The van der Waals surface area contributed by atoms with Crippen molar-refractivity contribution in [2.45, 2.75) is 65.0 Å². The summed E-state index contributed by atoms with van der Waals surface area (Å²) >= 11 is 0. The van der Waals surface area contributed by atoms with Gasteiger partial charge < -0.3 is 11.1 Å². The largest absolute Gasteiger partial charge is 0.353 e. The first-order valence-corrected chi connectivity index (χ1v) is 8.06. The molecule has 2 rings (SSSR count). The molecular weight excluding hydrogens is 260 g/mol. The fourth-order valence-corrected chi connectivity index (χ4v) is 3.48. The normalized spacial score (nSPS) is 23.0. The standard InChI is InChI=1S/C18H28N2O/c1-12-7-13(2)9-15(8-12)10-14(3)20-18(21)11-16-5-4-6-17(16)19/h7-9,14,16-17H,4-6,10-11,19H2,1-3H3,(H,20,21)/t14?,16-,17+/m0/s1. The molecule has 0 aromatic heterocycles. The van der Waals surface area contributed by atoms with E-state index in [0.717, 1.165) is 25.7 Å². The molecule has 1 amide bonds. The lowest BCUT2D eigenvalue weighted by Gasteiger charge is -2.18. The summed E-state index contributed by atoms with van der Waals surface area (Å²) in [6, 6.07) is 6.95. The van der Waals surface area contributed by atoms with Crippen LogP contribution in [0, 0.1) is 19.8 Å². The van der Waals surface area contributed by atoms with Gasteiger partial charge in [0.05, 0.1) is 0 Å². The number of hydrogen-bond acceptors (Lipinski definition) is 2. The predicted octanol–water partition coefficient (Wildman–Crippen LogP) is 2.87. The average molecular weight is 288 g/mol. The molecule has 116 valence electrons. The highest BCUT2D eigenvalue weighted by atomic mass is 16.1. The van der Waals surface area contributed by atoms with Gasteiger partial charge >= 0.3 is 0 Å². The molecule has 1 unspecified atom stereocenters. The van der Waals surface area contributed by atoms with Crippen LogP contribution in [0.2, 0.25) is 0 Å².